The Balaban J connectivity index is 2.41. The Morgan fingerprint density at radius 1 is 1.29 bits per heavy atom. The lowest BCUT2D eigenvalue weighted by atomic mass is 9.80. The molecule has 6 heteroatoms. The summed E-state index contributed by atoms with van der Waals surface area (Å²) < 4.78 is 5.21. The molecule has 1 aliphatic heterocycles. The lowest BCUT2D eigenvalue weighted by Gasteiger charge is -2.33. The van der Waals surface area contributed by atoms with Gasteiger partial charge < -0.3 is 20.5 Å². The molecule has 122 valence electrons. The summed E-state index contributed by atoms with van der Waals surface area (Å²) in [5.41, 5.74) is -0.893. The summed E-state index contributed by atoms with van der Waals surface area (Å²) in [4.78, 5) is 23.4. The number of amides is 2. The maximum atomic E-state index is 11.9. The highest BCUT2D eigenvalue weighted by atomic mass is 16.5. The van der Waals surface area contributed by atoms with Crippen LogP contribution in [0.3, 0.4) is 0 Å². The van der Waals surface area contributed by atoms with Gasteiger partial charge in [0.25, 0.3) is 0 Å². The molecule has 0 radical (unpaired) electrons. The standard InChI is InChI=1S/C15H28N2O4/c1-4-11(2)9-12(3)17-14(20)16-10-15(13(18)19)5-7-21-8-6-15/h11-12H,4-10H2,1-3H3,(H,18,19)(H2,16,17,20). The summed E-state index contributed by atoms with van der Waals surface area (Å²) in [5.74, 6) is -0.306. The van der Waals surface area contributed by atoms with Crippen LogP contribution >= 0.6 is 0 Å². The van der Waals surface area contributed by atoms with Crippen molar-refractivity contribution in [3.8, 4) is 0 Å². The van der Waals surface area contributed by atoms with Crippen molar-refractivity contribution >= 4 is 12.0 Å². The molecule has 0 aromatic heterocycles. The number of carbonyl (C=O) groups is 2. The van der Waals surface area contributed by atoms with Crippen LogP contribution in [0.2, 0.25) is 0 Å². The van der Waals surface area contributed by atoms with Gasteiger partial charge in [-0.1, -0.05) is 20.3 Å². The average Bonchev–Trinajstić information content (AvgIpc) is 2.45. The van der Waals surface area contributed by atoms with E-state index >= 15 is 0 Å². The molecule has 0 aromatic carbocycles. The third kappa shape index (κ3) is 5.53. The number of hydrogen-bond donors (Lipinski definition) is 3. The fourth-order valence-corrected chi connectivity index (χ4v) is 2.58. The van der Waals surface area contributed by atoms with E-state index in [1.807, 2.05) is 6.92 Å². The van der Waals surface area contributed by atoms with Gasteiger partial charge in [-0.15, -0.1) is 0 Å². The fourth-order valence-electron chi connectivity index (χ4n) is 2.58. The van der Waals surface area contributed by atoms with E-state index in [1.54, 1.807) is 0 Å². The van der Waals surface area contributed by atoms with Gasteiger partial charge in [0.15, 0.2) is 0 Å². The maximum absolute atomic E-state index is 11.9. The Bertz CT molecular complexity index is 354. The van der Waals surface area contributed by atoms with Crippen LogP contribution in [0.15, 0.2) is 0 Å². The first-order chi connectivity index (χ1) is 9.89. The van der Waals surface area contributed by atoms with Crippen molar-refractivity contribution in [1.29, 1.82) is 0 Å². The Hall–Kier alpha value is -1.30. The second-order valence-electron chi connectivity index (χ2n) is 6.18. The van der Waals surface area contributed by atoms with Gasteiger partial charge in [-0.2, -0.15) is 0 Å². The van der Waals surface area contributed by atoms with Crippen LogP contribution in [0.1, 0.15) is 46.5 Å². The fraction of sp³-hybridized carbons (Fsp3) is 0.867. The molecule has 2 atom stereocenters. The lowest BCUT2D eigenvalue weighted by molar-refractivity contribution is -0.154. The van der Waals surface area contributed by atoms with E-state index in [2.05, 4.69) is 24.5 Å². The summed E-state index contributed by atoms with van der Waals surface area (Å²) in [7, 11) is 0. The molecule has 2 amide bonds. The largest absolute Gasteiger partial charge is 0.481 e. The second-order valence-corrected chi connectivity index (χ2v) is 6.18. The number of nitrogens with one attached hydrogen (secondary N) is 2. The molecule has 0 bridgehead atoms. The normalized spacial score (nSPS) is 20.3. The first kappa shape index (κ1) is 17.8. The summed E-state index contributed by atoms with van der Waals surface area (Å²) in [6, 6.07) is -0.215. The first-order valence-corrected chi connectivity index (χ1v) is 7.75. The van der Waals surface area contributed by atoms with Crippen molar-refractivity contribution in [2.24, 2.45) is 11.3 Å². The number of ether oxygens (including phenoxy) is 1. The van der Waals surface area contributed by atoms with Crippen LogP contribution in [0.4, 0.5) is 4.79 Å². The summed E-state index contributed by atoms with van der Waals surface area (Å²) in [6.07, 6.45) is 2.87. The second kappa shape index (κ2) is 8.22. The molecule has 0 aliphatic carbocycles. The van der Waals surface area contributed by atoms with E-state index in [9.17, 15) is 14.7 Å². The number of urea groups is 1. The van der Waals surface area contributed by atoms with Crippen molar-refractivity contribution in [3.63, 3.8) is 0 Å². The molecule has 1 rings (SSSR count). The zero-order chi connectivity index (χ0) is 15.9. The zero-order valence-corrected chi connectivity index (χ0v) is 13.3. The van der Waals surface area contributed by atoms with Gasteiger partial charge in [-0.3, -0.25) is 4.79 Å². The molecular formula is C15H28N2O4. The van der Waals surface area contributed by atoms with Crippen LogP contribution in [-0.4, -0.2) is 42.9 Å². The highest BCUT2D eigenvalue weighted by Crippen LogP contribution is 2.30. The Labute approximate surface area is 126 Å². The molecule has 1 fully saturated rings. The van der Waals surface area contributed by atoms with Gasteiger partial charge in [0, 0.05) is 25.8 Å². The van der Waals surface area contributed by atoms with Crippen molar-refractivity contribution < 1.29 is 19.4 Å². The molecule has 0 spiro atoms. The molecule has 0 aromatic rings. The minimum absolute atomic E-state index is 0.0791. The maximum Gasteiger partial charge on any atom is 0.315 e. The molecular weight excluding hydrogens is 272 g/mol. The molecule has 21 heavy (non-hydrogen) atoms. The Kier molecular flexibility index (Phi) is 6.95. The summed E-state index contributed by atoms with van der Waals surface area (Å²) >= 11 is 0. The minimum Gasteiger partial charge on any atom is -0.481 e. The van der Waals surface area contributed by atoms with Gasteiger partial charge in [-0.25, -0.2) is 4.79 Å². The van der Waals surface area contributed by atoms with Crippen LogP contribution in [0.5, 0.6) is 0 Å². The quantitative estimate of drug-likeness (QED) is 0.671. The highest BCUT2D eigenvalue weighted by molar-refractivity contribution is 5.78. The van der Waals surface area contributed by atoms with Gasteiger partial charge in [0.2, 0.25) is 0 Å². The van der Waals surface area contributed by atoms with Gasteiger partial charge in [0.1, 0.15) is 0 Å². The molecule has 1 aliphatic rings. The minimum atomic E-state index is -0.893. The summed E-state index contributed by atoms with van der Waals surface area (Å²) in [6.45, 7) is 7.25. The van der Waals surface area contributed by atoms with E-state index in [0.29, 0.717) is 32.0 Å². The molecule has 1 heterocycles. The third-order valence-electron chi connectivity index (χ3n) is 4.32. The van der Waals surface area contributed by atoms with Crippen molar-refractivity contribution in [2.45, 2.75) is 52.5 Å². The molecule has 3 N–H and O–H groups in total. The van der Waals surface area contributed by atoms with E-state index in [1.165, 1.54) is 0 Å². The van der Waals surface area contributed by atoms with Crippen LogP contribution in [-0.2, 0) is 9.53 Å². The van der Waals surface area contributed by atoms with E-state index in [4.69, 9.17) is 4.74 Å². The number of carbonyl (C=O) groups excluding carboxylic acids is 1. The van der Waals surface area contributed by atoms with Crippen molar-refractivity contribution in [2.75, 3.05) is 19.8 Å². The van der Waals surface area contributed by atoms with E-state index in [0.717, 1.165) is 12.8 Å². The average molecular weight is 300 g/mol. The SMILES string of the molecule is CCC(C)CC(C)NC(=O)NCC1(C(=O)O)CCOCC1. The number of rotatable bonds is 7. The number of hydrogen-bond acceptors (Lipinski definition) is 3. The predicted molar refractivity (Wildman–Crippen MR) is 80.2 cm³/mol. The molecule has 6 nitrogen and oxygen atoms in total. The topological polar surface area (TPSA) is 87.7 Å². The number of carboxylic acids is 1. The number of aliphatic carboxylic acids is 1. The number of carboxylic acid groups (broad SMARTS) is 1. The van der Waals surface area contributed by atoms with Crippen LogP contribution in [0, 0.1) is 11.3 Å². The highest BCUT2D eigenvalue weighted by Gasteiger charge is 2.40. The van der Waals surface area contributed by atoms with Crippen LogP contribution in [0.25, 0.3) is 0 Å². The van der Waals surface area contributed by atoms with Gasteiger partial charge in [0.05, 0.1) is 5.41 Å². The third-order valence-corrected chi connectivity index (χ3v) is 4.32. The molecule has 1 saturated heterocycles. The van der Waals surface area contributed by atoms with Crippen molar-refractivity contribution in [3.05, 3.63) is 0 Å². The Morgan fingerprint density at radius 2 is 1.90 bits per heavy atom. The van der Waals surface area contributed by atoms with E-state index < -0.39 is 11.4 Å². The van der Waals surface area contributed by atoms with Crippen LogP contribution < -0.4 is 10.6 Å². The lowest BCUT2D eigenvalue weighted by Crippen LogP contribution is -2.50. The molecule has 2 unspecified atom stereocenters. The first-order valence-electron chi connectivity index (χ1n) is 7.75. The monoisotopic (exact) mass is 300 g/mol. The predicted octanol–water partition coefficient (Wildman–Crippen LogP) is 1.99. The van der Waals surface area contributed by atoms with Gasteiger partial charge in [-0.05, 0) is 32.1 Å². The smallest absolute Gasteiger partial charge is 0.315 e. The van der Waals surface area contributed by atoms with Crippen molar-refractivity contribution in [1.82, 2.24) is 10.6 Å². The summed E-state index contributed by atoms with van der Waals surface area (Å²) in [5, 5.41) is 15.0. The van der Waals surface area contributed by atoms with E-state index in [-0.39, 0.29) is 18.6 Å². The molecule has 0 saturated carbocycles. The van der Waals surface area contributed by atoms with Gasteiger partial charge >= 0.3 is 12.0 Å². The Morgan fingerprint density at radius 3 is 2.43 bits per heavy atom. The zero-order valence-electron chi connectivity index (χ0n) is 13.3.